The maximum Gasteiger partial charge on any atom is 0.322 e. The molecule has 12 nitrogen and oxygen atoms in total. The van der Waals surface area contributed by atoms with Crippen molar-refractivity contribution in [2.75, 3.05) is 18.1 Å². The van der Waals surface area contributed by atoms with E-state index in [1.54, 1.807) is 0 Å². The number of hydrogen-bond donors (Lipinski definition) is 7. The van der Waals surface area contributed by atoms with Crippen molar-refractivity contribution in [3.8, 4) is 0 Å². The minimum atomic E-state index is -1.28. The first kappa shape index (κ1) is 23.6. The van der Waals surface area contributed by atoms with Crippen molar-refractivity contribution in [1.82, 2.24) is 10.6 Å². The van der Waals surface area contributed by atoms with E-state index in [2.05, 4.69) is 10.6 Å². The molecule has 13 heteroatoms. The van der Waals surface area contributed by atoms with Gasteiger partial charge in [-0.1, -0.05) is 0 Å². The number of nitrogens with one attached hydrogen (secondary N) is 2. The van der Waals surface area contributed by atoms with Crippen LogP contribution in [0, 0.1) is 0 Å². The zero-order valence-corrected chi connectivity index (χ0v) is 14.5. The summed E-state index contributed by atoms with van der Waals surface area (Å²) in [4.78, 5) is 55.6. The Bertz CT molecular complexity index is 544. The number of carboxylic acid groups (broad SMARTS) is 3. The number of thioether (sulfide) groups is 1. The van der Waals surface area contributed by atoms with Gasteiger partial charge >= 0.3 is 17.9 Å². The van der Waals surface area contributed by atoms with E-state index >= 15 is 0 Å². The van der Waals surface area contributed by atoms with Gasteiger partial charge in [0, 0.05) is 17.9 Å². The van der Waals surface area contributed by atoms with E-state index < -0.39 is 54.4 Å². The van der Waals surface area contributed by atoms with Crippen LogP contribution in [-0.2, 0) is 24.0 Å². The van der Waals surface area contributed by atoms with E-state index in [-0.39, 0.29) is 24.3 Å². The molecule has 2 amide bonds. The van der Waals surface area contributed by atoms with Gasteiger partial charge in [0.2, 0.25) is 11.8 Å². The van der Waals surface area contributed by atoms with Gasteiger partial charge in [-0.15, -0.1) is 0 Å². The quantitative estimate of drug-likeness (QED) is 0.167. The highest BCUT2D eigenvalue weighted by atomic mass is 32.2. The summed E-state index contributed by atoms with van der Waals surface area (Å²) in [6.07, 6.45) is -0.406. The third-order valence-electron chi connectivity index (χ3n) is 2.96. The predicted molar refractivity (Wildman–Crippen MR) is 90.4 cm³/mol. The second-order valence-corrected chi connectivity index (χ2v) is 6.27. The van der Waals surface area contributed by atoms with Gasteiger partial charge in [0.15, 0.2) is 0 Å². The molecule has 0 aromatic carbocycles. The Hall–Kier alpha value is -2.38. The van der Waals surface area contributed by atoms with Gasteiger partial charge < -0.3 is 37.4 Å². The molecule has 0 rings (SSSR count). The first-order chi connectivity index (χ1) is 12.0. The number of amides is 2. The van der Waals surface area contributed by atoms with E-state index in [0.29, 0.717) is 0 Å². The second-order valence-electron chi connectivity index (χ2n) is 5.20. The number of rotatable bonds is 13. The monoisotopic (exact) mass is 394 g/mol. The molecule has 0 bridgehead atoms. The number of carboxylic acids is 3. The van der Waals surface area contributed by atoms with Crippen molar-refractivity contribution in [2.24, 2.45) is 11.5 Å². The third-order valence-corrected chi connectivity index (χ3v) is 4.13. The van der Waals surface area contributed by atoms with Crippen molar-refractivity contribution in [2.45, 2.75) is 31.0 Å². The summed E-state index contributed by atoms with van der Waals surface area (Å²) in [7, 11) is 0. The SMILES string of the molecule is N[C@@H](CCC(=O)N[C@@H](CSC[C@H](N)C(=O)O)C(=O)NCC(=O)O)C(=O)O. The second kappa shape index (κ2) is 12.1. The van der Waals surface area contributed by atoms with Gasteiger partial charge in [-0.2, -0.15) is 11.8 Å². The fourth-order valence-corrected chi connectivity index (χ4v) is 2.53. The highest BCUT2D eigenvalue weighted by Crippen LogP contribution is 2.06. The Morgan fingerprint density at radius 2 is 1.50 bits per heavy atom. The lowest BCUT2D eigenvalue weighted by Crippen LogP contribution is -2.49. The zero-order chi connectivity index (χ0) is 20.3. The van der Waals surface area contributed by atoms with Crippen molar-refractivity contribution < 1.29 is 39.3 Å². The minimum Gasteiger partial charge on any atom is -0.480 e. The standard InChI is InChI=1S/C13H22N4O8S/c14-6(12(22)23)1-2-9(18)17-8(11(21)16-3-10(19)20)5-26-4-7(15)13(24)25/h6-8H,1-5,14-15H2,(H,16,21)(H,17,18)(H,19,20)(H,22,23)(H,24,25)/t6-,7-,8-/m0/s1. The average molecular weight is 394 g/mol. The van der Waals surface area contributed by atoms with Crippen molar-refractivity contribution in [3.63, 3.8) is 0 Å². The fourth-order valence-electron chi connectivity index (χ4n) is 1.53. The Morgan fingerprint density at radius 3 is 2.00 bits per heavy atom. The molecule has 0 saturated heterocycles. The first-order valence-electron chi connectivity index (χ1n) is 7.38. The highest BCUT2D eigenvalue weighted by molar-refractivity contribution is 7.99. The summed E-state index contributed by atoms with van der Waals surface area (Å²) in [6, 6.07) is -3.54. The normalized spacial score (nSPS) is 13.9. The Balaban J connectivity index is 4.67. The molecule has 0 saturated carbocycles. The molecule has 0 unspecified atom stereocenters. The fraction of sp³-hybridized carbons (Fsp3) is 0.615. The molecule has 9 N–H and O–H groups in total. The summed E-state index contributed by atoms with van der Waals surface area (Å²) >= 11 is 0.984. The van der Waals surface area contributed by atoms with E-state index in [0.717, 1.165) is 11.8 Å². The van der Waals surface area contributed by atoms with Crippen LogP contribution < -0.4 is 22.1 Å². The summed E-state index contributed by atoms with van der Waals surface area (Å²) in [5, 5.41) is 30.4. The molecule has 0 aromatic rings. The van der Waals surface area contributed by atoms with Gasteiger partial charge in [-0.05, 0) is 6.42 Å². The molecule has 0 fully saturated rings. The van der Waals surface area contributed by atoms with Gasteiger partial charge in [0.1, 0.15) is 24.7 Å². The number of aliphatic carboxylic acids is 3. The third kappa shape index (κ3) is 10.5. The maximum absolute atomic E-state index is 12.0. The lowest BCUT2D eigenvalue weighted by atomic mass is 10.1. The highest BCUT2D eigenvalue weighted by Gasteiger charge is 2.23. The van der Waals surface area contributed by atoms with E-state index in [9.17, 15) is 24.0 Å². The van der Waals surface area contributed by atoms with Crippen LogP contribution in [0.15, 0.2) is 0 Å². The van der Waals surface area contributed by atoms with Crippen LogP contribution in [-0.4, -0.2) is 81.2 Å². The Morgan fingerprint density at radius 1 is 0.923 bits per heavy atom. The molecule has 0 heterocycles. The Labute approximate surface area is 152 Å². The number of hydrogen-bond acceptors (Lipinski definition) is 8. The molecule has 0 aliphatic rings. The molecule has 148 valence electrons. The number of carbonyl (C=O) groups is 5. The zero-order valence-electron chi connectivity index (χ0n) is 13.7. The summed E-state index contributed by atoms with van der Waals surface area (Å²) in [5.41, 5.74) is 10.6. The smallest absolute Gasteiger partial charge is 0.322 e. The van der Waals surface area contributed by atoms with E-state index in [1.165, 1.54) is 0 Å². The maximum atomic E-state index is 12.0. The van der Waals surface area contributed by atoms with Crippen molar-refractivity contribution in [1.29, 1.82) is 0 Å². The Kier molecular flexibility index (Phi) is 10.9. The molecule has 0 aliphatic carbocycles. The molecule has 3 atom stereocenters. The molecule has 0 aliphatic heterocycles. The van der Waals surface area contributed by atoms with Gasteiger partial charge in [0.05, 0.1) is 0 Å². The van der Waals surface area contributed by atoms with E-state index in [4.69, 9.17) is 26.8 Å². The minimum absolute atomic E-state index is 0.0300. The molecule has 0 aromatic heterocycles. The summed E-state index contributed by atoms with van der Waals surface area (Å²) in [5.74, 6) is -5.29. The van der Waals surface area contributed by atoms with Gasteiger partial charge in [-0.3, -0.25) is 24.0 Å². The first-order valence-corrected chi connectivity index (χ1v) is 8.53. The summed E-state index contributed by atoms with van der Waals surface area (Å²) < 4.78 is 0. The van der Waals surface area contributed by atoms with Crippen LogP contribution in [0.3, 0.4) is 0 Å². The summed E-state index contributed by atoms with van der Waals surface area (Å²) in [6.45, 7) is -0.658. The lowest BCUT2D eigenvalue weighted by molar-refractivity contribution is -0.139. The van der Waals surface area contributed by atoms with Crippen LogP contribution in [0.4, 0.5) is 0 Å². The predicted octanol–water partition coefficient (Wildman–Crippen LogP) is -2.99. The number of nitrogens with two attached hydrogens (primary N) is 2. The largest absolute Gasteiger partial charge is 0.480 e. The molecule has 26 heavy (non-hydrogen) atoms. The van der Waals surface area contributed by atoms with Crippen molar-refractivity contribution >= 4 is 41.5 Å². The van der Waals surface area contributed by atoms with Crippen LogP contribution in [0.1, 0.15) is 12.8 Å². The number of carbonyl (C=O) groups excluding carboxylic acids is 2. The van der Waals surface area contributed by atoms with Crippen molar-refractivity contribution in [3.05, 3.63) is 0 Å². The van der Waals surface area contributed by atoms with Crippen LogP contribution in [0.5, 0.6) is 0 Å². The van der Waals surface area contributed by atoms with Crippen LogP contribution in [0.25, 0.3) is 0 Å². The molecule has 0 spiro atoms. The van der Waals surface area contributed by atoms with Gasteiger partial charge in [-0.25, -0.2) is 0 Å². The molecular weight excluding hydrogens is 372 g/mol. The molecule has 0 radical (unpaired) electrons. The van der Waals surface area contributed by atoms with E-state index in [1.807, 2.05) is 0 Å². The average Bonchev–Trinajstić information content (AvgIpc) is 2.55. The molecular formula is C13H22N4O8S. The lowest BCUT2D eigenvalue weighted by Gasteiger charge is -2.18. The van der Waals surface area contributed by atoms with Crippen LogP contribution >= 0.6 is 11.8 Å². The topological polar surface area (TPSA) is 222 Å². The van der Waals surface area contributed by atoms with Crippen LogP contribution in [0.2, 0.25) is 0 Å². The van der Waals surface area contributed by atoms with Gasteiger partial charge in [0.25, 0.3) is 0 Å².